The van der Waals surface area contributed by atoms with E-state index in [-0.39, 0.29) is 5.56 Å². The Kier molecular flexibility index (Phi) is 3.06. The summed E-state index contributed by atoms with van der Waals surface area (Å²) in [6.45, 7) is 0. The molecule has 0 spiro atoms. The van der Waals surface area contributed by atoms with Crippen LogP contribution in [-0.2, 0) is 0 Å². The molecule has 0 radical (unpaired) electrons. The van der Waals surface area contributed by atoms with E-state index in [2.05, 4.69) is 14.8 Å². The molecule has 108 valence electrons. The molecule has 0 amide bonds. The molecule has 0 saturated heterocycles. The Morgan fingerprint density at radius 2 is 2.05 bits per heavy atom. The molecule has 2 aliphatic rings. The van der Waals surface area contributed by atoms with Crippen LogP contribution in [0, 0.1) is 5.82 Å². The molecule has 1 aromatic heterocycles. The molecule has 0 atom stereocenters. The average Bonchev–Trinajstić information content (AvgIpc) is 3.39. The van der Waals surface area contributed by atoms with Crippen molar-refractivity contribution in [3.63, 3.8) is 0 Å². The second-order valence-corrected chi connectivity index (χ2v) is 6.60. The van der Waals surface area contributed by atoms with Crippen LogP contribution >= 0.6 is 11.8 Å². The molecule has 4 nitrogen and oxygen atoms in total. The largest absolute Gasteiger partial charge is 0.302 e. The van der Waals surface area contributed by atoms with Gasteiger partial charge in [-0.25, -0.2) is 4.39 Å². The van der Waals surface area contributed by atoms with Crippen molar-refractivity contribution < 1.29 is 9.18 Å². The third kappa shape index (κ3) is 2.37. The third-order valence-electron chi connectivity index (χ3n) is 3.88. The van der Waals surface area contributed by atoms with Gasteiger partial charge in [-0.3, -0.25) is 4.79 Å². The van der Waals surface area contributed by atoms with Crippen LogP contribution in [0.25, 0.3) is 0 Å². The number of hydrogen-bond acceptors (Lipinski definition) is 4. The smallest absolute Gasteiger partial charge is 0.196 e. The number of aldehydes is 1. The minimum absolute atomic E-state index is 0.0980. The van der Waals surface area contributed by atoms with Gasteiger partial charge in [0.05, 0.1) is 5.56 Å². The molecule has 2 fully saturated rings. The van der Waals surface area contributed by atoms with Gasteiger partial charge in [-0.05, 0) is 49.6 Å². The molecule has 6 heteroatoms. The summed E-state index contributed by atoms with van der Waals surface area (Å²) in [5, 5.41) is 9.37. The topological polar surface area (TPSA) is 47.8 Å². The lowest BCUT2D eigenvalue weighted by Crippen LogP contribution is -2.02. The van der Waals surface area contributed by atoms with Crippen LogP contribution in [0.5, 0.6) is 0 Å². The Hall–Kier alpha value is -1.69. The van der Waals surface area contributed by atoms with Crippen LogP contribution in [0.3, 0.4) is 0 Å². The van der Waals surface area contributed by atoms with Crippen molar-refractivity contribution in [1.82, 2.24) is 14.8 Å². The van der Waals surface area contributed by atoms with Gasteiger partial charge in [-0.2, -0.15) is 0 Å². The van der Waals surface area contributed by atoms with Gasteiger partial charge in [0.1, 0.15) is 11.6 Å². The van der Waals surface area contributed by atoms with E-state index in [0.717, 1.165) is 23.8 Å². The highest BCUT2D eigenvalue weighted by molar-refractivity contribution is 7.99. The number of benzene rings is 1. The standard InChI is InChI=1S/C15H14FN3OS/c16-12-2-1-3-13(11(12)8-20)21-15-18-17-14(9-4-5-9)19(15)10-6-7-10/h1-3,8-10H,4-7H2. The monoisotopic (exact) mass is 303 g/mol. The van der Waals surface area contributed by atoms with Crippen LogP contribution < -0.4 is 0 Å². The quantitative estimate of drug-likeness (QED) is 0.792. The molecule has 0 N–H and O–H groups in total. The minimum atomic E-state index is -0.491. The SMILES string of the molecule is O=Cc1c(F)cccc1Sc1nnc(C2CC2)n1C1CC1. The highest BCUT2D eigenvalue weighted by Gasteiger charge is 2.36. The molecule has 0 aliphatic heterocycles. The Labute approximate surface area is 125 Å². The van der Waals surface area contributed by atoms with E-state index in [1.807, 2.05) is 0 Å². The van der Waals surface area contributed by atoms with Gasteiger partial charge in [-0.1, -0.05) is 6.07 Å². The molecule has 4 rings (SSSR count). The van der Waals surface area contributed by atoms with Gasteiger partial charge >= 0.3 is 0 Å². The predicted octanol–water partition coefficient (Wildman–Crippen LogP) is 3.59. The van der Waals surface area contributed by atoms with Gasteiger partial charge in [0.15, 0.2) is 11.4 Å². The number of hydrogen-bond donors (Lipinski definition) is 0. The van der Waals surface area contributed by atoms with E-state index in [4.69, 9.17) is 0 Å². The van der Waals surface area contributed by atoms with Crippen molar-refractivity contribution >= 4 is 18.0 Å². The fraction of sp³-hybridized carbons (Fsp3) is 0.400. The maximum absolute atomic E-state index is 13.7. The van der Waals surface area contributed by atoms with Crippen LogP contribution in [0.1, 0.15) is 53.8 Å². The summed E-state index contributed by atoms with van der Waals surface area (Å²) in [6, 6.07) is 5.14. The number of nitrogens with zero attached hydrogens (tertiary/aromatic N) is 3. The van der Waals surface area contributed by atoms with Crippen molar-refractivity contribution in [2.45, 2.75) is 47.7 Å². The molecule has 0 bridgehead atoms. The summed E-state index contributed by atoms with van der Waals surface area (Å²) >= 11 is 1.33. The first-order valence-corrected chi connectivity index (χ1v) is 7.96. The lowest BCUT2D eigenvalue weighted by Gasteiger charge is -2.09. The third-order valence-corrected chi connectivity index (χ3v) is 4.91. The summed E-state index contributed by atoms with van der Waals surface area (Å²) < 4.78 is 15.9. The number of aromatic nitrogens is 3. The van der Waals surface area contributed by atoms with Gasteiger partial charge in [0.2, 0.25) is 0 Å². The molecule has 1 heterocycles. The zero-order valence-corrected chi connectivity index (χ0v) is 12.1. The first-order chi connectivity index (χ1) is 10.3. The molecule has 1 aromatic carbocycles. The van der Waals surface area contributed by atoms with Crippen LogP contribution in [0.2, 0.25) is 0 Å². The van der Waals surface area contributed by atoms with Crippen molar-refractivity contribution in [3.05, 3.63) is 35.4 Å². The lowest BCUT2D eigenvalue weighted by atomic mass is 10.2. The average molecular weight is 303 g/mol. The number of rotatable bonds is 5. The Morgan fingerprint density at radius 3 is 2.71 bits per heavy atom. The van der Waals surface area contributed by atoms with E-state index in [9.17, 15) is 9.18 Å². The second kappa shape index (κ2) is 4.94. The number of carbonyl (C=O) groups excluding carboxylic acids is 1. The number of carbonyl (C=O) groups is 1. The lowest BCUT2D eigenvalue weighted by molar-refractivity contribution is 0.111. The van der Waals surface area contributed by atoms with Crippen LogP contribution in [0.4, 0.5) is 4.39 Å². The van der Waals surface area contributed by atoms with Gasteiger partial charge in [0.25, 0.3) is 0 Å². The zero-order valence-electron chi connectivity index (χ0n) is 11.3. The van der Waals surface area contributed by atoms with E-state index in [0.29, 0.717) is 23.1 Å². The second-order valence-electron chi connectivity index (χ2n) is 5.59. The maximum Gasteiger partial charge on any atom is 0.196 e. The van der Waals surface area contributed by atoms with E-state index >= 15 is 0 Å². The summed E-state index contributed by atoms with van der Waals surface area (Å²) in [5.41, 5.74) is 0.0980. The molecular weight excluding hydrogens is 289 g/mol. The Balaban J connectivity index is 1.71. The molecular formula is C15H14FN3OS. The molecule has 2 saturated carbocycles. The Morgan fingerprint density at radius 1 is 1.24 bits per heavy atom. The minimum Gasteiger partial charge on any atom is -0.302 e. The van der Waals surface area contributed by atoms with Crippen molar-refractivity contribution in [2.24, 2.45) is 0 Å². The highest BCUT2D eigenvalue weighted by Crippen LogP contribution is 2.46. The van der Waals surface area contributed by atoms with E-state index in [1.165, 1.54) is 30.7 Å². The summed E-state index contributed by atoms with van der Waals surface area (Å²) in [6.07, 6.45) is 5.21. The summed E-state index contributed by atoms with van der Waals surface area (Å²) in [7, 11) is 0. The van der Waals surface area contributed by atoms with Gasteiger partial charge in [-0.15, -0.1) is 10.2 Å². The van der Waals surface area contributed by atoms with Crippen LogP contribution in [-0.4, -0.2) is 21.1 Å². The van der Waals surface area contributed by atoms with E-state index in [1.54, 1.807) is 12.1 Å². The summed E-state index contributed by atoms with van der Waals surface area (Å²) in [4.78, 5) is 11.7. The number of halogens is 1. The van der Waals surface area contributed by atoms with Gasteiger partial charge in [0, 0.05) is 16.9 Å². The van der Waals surface area contributed by atoms with E-state index < -0.39 is 5.82 Å². The first kappa shape index (κ1) is 13.0. The predicted molar refractivity (Wildman–Crippen MR) is 76.2 cm³/mol. The Bertz CT molecular complexity index is 707. The van der Waals surface area contributed by atoms with Crippen molar-refractivity contribution in [1.29, 1.82) is 0 Å². The van der Waals surface area contributed by atoms with Crippen LogP contribution in [0.15, 0.2) is 28.3 Å². The highest BCUT2D eigenvalue weighted by atomic mass is 32.2. The normalized spacial score (nSPS) is 18.0. The molecule has 0 unspecified atom stereocenters. The fourth-order valence-corrected chi connectivity index (χ4v) is 3.49. The maximum atomic E-state index is 13.7. The van der Waals surface area contributed by atoms with Gasteiger partial charge < -0.3 is 4.57 Å². The zero-order chi connectivity index (χ0) is 14.4. The molecule has 2 aromatic rings. The molecule has 2 aliphatic carbocycles. The summed E-state index contributed by atoms with van der Waals surface area (Å²) in [5.74, 6) is 1.10. The molecule has 21 heavy (non-hydrogen) atoms. The van der Waals surface area contributed by atoms with Crippen molar-refractivity contribution in [2.75, 3.05) is 0 Å². The first-order valence-electron chi connectivity index (χ1n) is 7.14. The van der Waals surface area contributed by atoms with Crippen molar-refractivity contribution in [3.8, 4) is 0 Å². The fourth-order valence-electron chi connectivity index (χ4n) is 2.47.